The molecule has 1 unspecified atom stereocenters. The Morgan fingerprint density at radius 2 is 2.05 bits per heavy atom. The molecule has 112 valence electrons. The molecule has 1 aliphatic carbocycles. The van der Waals surface area contributed by atoms with E-state index in [-0.39, 0.29) is 23.8 Å². The molecule has 2 aliphatic rings. The van der Waals surface area contributed by atoms with Crippen LogP contribution in [0.1, 0.15) is 43.7 Å². The first kappa shape index (κ1) is 14.0. The molecule has 0 aromatic carbocycles. The van der Waals surface area contributed by atoms with Gasteiger partial charge in [0.25, 0.3) is 0 Å². The Balaban J connectivity index is 1.71. The molecular formula is C16H20N2O3. The number of carboxylic acid groups (broad SMARTS) is 1. The topological polar surface area (TPSA) is 70.5 Å². The van der Waals surface area contributed by atoms with Crippen LogP contribution in [0.2, 0.25) is 0 Å². The van der Waals surface area contributed by atoms with E-state index >= 15 is 0 Å². The van der Waals surface area contributed by atoms with Crippen LogP contribution >= 0.6 is 0 Å². The lowest BCUT2D eigenvalue weighted by Crippen LogP contribution is -2.35. The van der Waals surface area contributed by atoms with Gasteiger partial charge in [0, 0.05) is 24.9 Å². The van der Waals surface area contributed by atoms with Gasteiger partial charge in [0.2, 0.25) is 5.91 Å². The molecule has 21 heavy (non-hydrogen) atoms. The van der Waals surface area contributed by atoms with Crippen molar-refractivity contribution in [1.29, 1.82) is 0 Å². The zero-order valence-corrected chi connectivity index (χ0v) is 11.9. The molecule has 1 amide bonds. The Bertz CT molecular complexity index is 532. The normalized spacial score (nSPS) is 28.8. The van der Waals surface area contributed by atoms with E-state index < -0.39 is 5.97 Å². The maximum Gasteiger partial charge on any atom is 0.306 e. The van der Waals surface area contributed by atoms with Crippen LogP contribution < -0.4 is 0 Å². The number of nitrogens with zero attached hydrogens (tertiary/aromatic N) is 2. The number of rotatable bonds is 3. The second kappa shape index (κ2) is 5.84. The molecule has 2 heterocycles. The van der Waals surface area contributed by atoms with Gasteiger partial charge in [0.05, 0.1) is 12.0 Å². The van der Waals surface area contributed by atoms with E-state index in [4.69, 9.17) is 5.11 Å². The first-order valence-corrected chi connectivity index (χ1v) is 7.60. The highest BCUT2D eigenvalue weighted by atomic mass is 16.4. The molecule has 3 atom stereocenters. The van der Waals surface area contributed by atoms with Crippen molar-refractivity contribution in [1.82, 2.24) is 9.88 Å². The highest BCUT2D eigenvalue weighted by Crippen LogP contribution is 2.37. The van der Waals surface area contributed by atoms with Crippen LogP contribution in [0.5, 0.6) is 0 Å². The SMILES string of the molecule is O=C(O)[C@H]1CC[C@@H](C(=O)N2CCCC2c2cccnc2)C1. The van der Waals surface area contributed by atoms with Crippen molar-refractivity contribution in [2.24, 2.45) is 11.8 Å². The van der Waals surface area contributed by atoms with Crippen LogP contribution in [-0.2, 0) is 9.59 Å². The highest BCUT2D eigenvalue weighted by Gasteiger charge is 2.39. The van der Waals surface area contributed by atoms with Gasteiger partial charge in [-0.15, -0.1) is 0 Å². The summed E-state index contributed by atoms with van der Waals surface area (Å²) in [6, 6.07) is 4.01. The van der Waals surface area contributed by atoms with Gasteiger partial charge in [-0.2, -0.15) is 0 Å². The van der Waals surface area contributed by atoms with E-state index in [0.29, 0.717) is 19.3 Å². The summed E-state index contributed by atoms with van der Waals surface area (Å²) in [5.41, 5.74) is 1.08. The molecule has 0 spiro atoms. The van der Waals surface area contributed by atoms with Gasteiger partial charge in [-0.1, -0.05) is 6.07 Å². The summed E-state index contributed by atoms with van der Waals surface area (Å²) in [5.74, 6) is -1.11. The number of carboxylic acids is 1. The lowest BCUT2D eigenvalue weighted by molar-refractivity contribution is -0.141. The number of amides is 1. The summed E-state index contributed by atoms with van der Waals surface area (Å²) in [6.07, 6.45) is 7.34. The quantitative estimate of drug-likeness (QED) is 0.926. The van der Waals surface area contributed by atoms with Crippen LogP contribution in [0.3, 0.4) is 0 Å². The van der Waals surface area contributed by atoms with Crippen molar-refractivity contribution in [3.05, 3.63) is 30.1 Å². The molecule has 3 rings (SSSR count). The molecule has 1 aromatic rings. The van der Waals surface area contributed by atoms with Gasteiger partial charge in [0.15, 0.2) is 0 Å². The molecule has 1 saturated heterocycles. The number of pyridine rings is 1. The molecule has 0 radical (unpaired) electrons. The zero-order valence-electron chi connectivity index (χ0n) is 11.9. The van der Waals surface area contributed by atoms with E-state index in [1.54, 1.807) is 6.20 Å². The third-order valence-electron chi connectivity index (χ3n) is 4.74. The fourth-order valence-electron chi connectivity index (χ4n) is 3.61. The monoisotopic (exact) mass is 288 g/mol. The fourth-order valence-corrected chi connectivity index (χ4v) is 3.61. The third-order valence-corrected chi connectivity index (χ3v) is 4.74. The summed E-state index contributed by atoms with van der Waals surface area (Å²) in [7, 11) is 0. The summed E-state index contributed by atoms with van der Waals surface area (Å²) >= 11 is 0. The number of aromatic nitrogens is 1. The van der Waals surface area contributed by atoms with Crippen LogP contribution in [-0.4, -0.2) is 33.4 Å². The van der Waals surface area contributed by atoms with Gasteiger partial charge in [-0.05, 0) is 43.7 Å². The summed E-state index contributed by atoms with van der Waals surface area (Å²) in [5, 5.41) is 9.07. The third kappa shape index (κ3) is 2.77. The predicted molar refractivity (Wildman–Crippen MR) is 76.4 cm³/mol. The molecule has 5 nitrogen and oxygen atoms in total. The average molecular weight is 288 g/mol. The van der Waals surface area contributed by atoms with E-state index in [9.17, 15) is 9.59 Å². The molecule has 0 bridgehead atoms. The zero-order chi connectivity index (χ0) is 14.8. The first-order valence-electron chi connectivity index (χ1n) is 7.60. The molecule has 1 N–H and O–H groups in total. The highest BCUT2D eigenvalue weighted by molar-refractivity contribution is 5.81. The Morgan fingerprint density at radius 3 is 2.71 bits per heavy atom. The molecular weight excluding hydrogens is 268 g/mol. The Labute approximate surface area is 124 Å². The maximum absolute atomic E-state index is 12.7. The largest absolute Gasteiger partial charge is 0.481 e. The smallest absolute Gasteiger partial charge is 0.306 e. The van der Waals surface area contributed by atoms with Crippen molar-refractivity contribution in [3.63, 3.8) is 0 Å². The minimum atomic E-state index is -0.768. The second-order valence-corrected chi connectivity index (χ2v) is 6.02. The summed E-state index contributed by atoms with van der Waals surface area (Å²) < 4.78 is 0. The van der Waals surface area contributed by atoms with Crippen molar-refractivity contribution < 1.29 is 14.7 Å². The van der Waals surface area contributed by atoms with E-state index in [0.717, 1.165) is 24.9 Å². The summed E-state index contributed by atoms with van der Waals surface area (Å²) in [6.45, 7) is 0.770. The lowest BCUT2D eigenvalue weighted by Gasteiger charge is -2.27. The summed E-state index contributed by atoms with van der Waals surface area (Å²) in [4.78, 5) is 29.8. The maximum atomic E-state index is 12.7. The van der Waals surface area contributed by atoms with Gasteiger partial charge < -0.3 is 10.0 Å². The van der Waals surface area contributed by atoms with Gasteiger partial charge in [-0.3, -0.25) is 14.6 Å². The predicted octanol–water partition coefficient (Wildman–Crippen LogP) is 2.25. The van der Waals surface area contributed by atoms with Crippen LogP contribution in [0.15, 0.2) is 24.5 Å². The first-order chi connectivity index (χ1) is 10.2. The standard InChI is InChI=1S/C16H20N2O3/c19-15(11-5-6-12(9-11)16(20)21)18-8-2-4-14(18)13-3-1-7-17-10-13/h1,3,7,10-12,14H,2,4-6,8-9H2,(H,20,21)/t11-,12+,14?/m1/s1. The average Bonchev–Trinajstić information content (AvgIpc) is 3.17. The van der Waals surface area contributed by atoms with Crippen molar-refractivity contribution in [2.45, 2.75) is 38.1 Å². The molecule has 1 aliphatic heterocycles. The van der Waals surface area contributed by atoms with Gasteiger partial charge in [0.1, 0.15) is 0 Å². The van der Waals surface area contributed by atoms with Crippen molar-refractivity contribution >= 4 is 11.9 Å². The van der Waals surface area contributed by atoms with Crippen LogP contribution in [0, 0.1) is 11.8 Å². The van der Waals surface area contributed by atoms with Gasteiger partial charge >= 0.3 is 5.97 Å². The molecule has 2 fully saturated rings. The fraction of sp³-hybridized carbons (Fsp3) is 0.562. The van der Waals surface area contributed by atoms with Gasteiger partial charge in [-0.25, -0.2) is 0 Å². The van der Waals surface area contributed by atoms with E-state index in [2.05, 4.69) is 4.98 Å². The number of carbonyl (C=O) groups is 2. The Morgan fingerprint density at radius 1 is 1.24 bits per heavy atom. The van der Waals surface area contributed by atoms with Crippen LogP contribution in [0.4, 0.5) is 0 Å². The van der Waals surface area contributed by atoms with E-state index in [1.807, 2.05) is 23.2 Å². The molecule has 1 saturated carbocycles. The van der Waals surface area contributed by atoms with E-state index in [1.165, 1.54) is 0 Å². The molecule has 5 heteroatoms. The van der Waals surface area contributed by atoms with Crippen molar-refractivity contribution in [3.8, 4) is 0 Å². The number of hydrogen-bond acceptors (Lipinski definition) is 3. The minimum Gasteiger partial charge on any atom is -0.481 e. The number of likely N-dealkylation sites (tertiary alicyclic amines) is 1. The number of aliphatic carboxylic acids is 1. The number of carbonyl (C=O) groups excluding carboxylic acids is 1. The Hall–Kier alpha value is -1.91. The minimum absolute atomic E-state index is 0.107. The second-order valence-electron chi connectivity index (χ2n) is 6.02. The van der Waals surface area contributed by atoms with Crippen LogP contribution in [0.25, 0.3) is 0 Å². The molecule has 1 aromatic heterocycles. The lowest BCUT2D eigenvalue weighted by atomic mass is 10.0. The Kier molecular flexibility index (Phi) is 3.90. The van der Waals surface area contributed by atoms with Crippen molar-refractivity contribution in [2.75, 3.05) is 6.54 Å². The number of hydrogen-bond donors (Lipinski definition) is 1.